The van der Waals surface area contributed by atoms with Crippen LogP contribution in [0.1, 0.15) is 12.8 Å². The van der Waals surface area contributed by atoms with Crippen molar-refractivity contribution in [1.82, 2.24) is 4.98 Å². The maximum Gasteiger partial charge on any atom is 0.303 e. The van der Waals surface area contributed by atoms with Crippen molar-refractivity contribution in [1.29, 1.82) is 0 Å². The number of hydrogen-bond acceptors (Lipinski definition) is 6. The summed E-state index contributed by atoms with van der Waals surface area (Å²) in [4.78, 5) is 14.6. The number of rotatable bonds is 7. The second kappa shape index (κ2) is 6.27. The highest BCUT2D eigenvalue weighted by molar-refractivity contribution is 7.92. The first kappa shape index (κ1) is 15.5. The number of benzene rings is 1. The van der Waals surface area contributed by atoms with E-state index in [1.54, 1.807) is 25.3 Å². The summed E-state index contributed by atoms with van der Waals surface area (Å²) >= 11 is 1.20. The number of aliphatic carboxylic acids is 1. The Balaban J connectivity index is 2.10. The molecule has 2 rings (SSSR count). The Morgan fingerprint density at radius 1 is 1.48 bits per heavy atom. The summed E-state index contributed by atoms with van der Waals surface area (Å²) in [6, 6.07) is 5.26. The van der Waals surface area contributed by atoms with Crippen molar-refractivity contribution in [2.75, 3.05) is 17.6 Å². The van der Waals surface area contributed by atoms with E-state index in [1.165, 1.54) is 11.3 Å². The lowest BCUT2D eigenvalue weighted by molar-refractivity contribution is -0.137. The van der Waals surface area contributed by atoms with Crippen LogP contribution in [0, 0.1) is 0 Å². The van der Waals surface area contributed by atoms with Gasteiger partial charge in [0.2, 0.25) is 10.0 Å². The molecule has 0 aliphatic heterocycles. The van der Waals surface area contributed by atoms with E-state index in [0.717, 1.165) is 4.70 Å². The Labute approximate surface area is 125 Å². The SMILES string of the molecule is COc1ccc2nc(NS(=O)(=O)CCCC(=O)O)sc2c1. The summed E-state index contributed by atoms with van der Waals surface area (Å²) in [5, 5.41) is 8.77. The topological polar surface area (TPSA) is 106 Å². The van der Waals surface area contributed by atoms with Crippen LogP contribution in [0.5, 0.6) is 5.75 Å². The summed E-state index contributed by atoms with van der Waals surface area (Å²) in [7, 11) is -2.04. The molecular formula is C12H14N2O5S2. The molecule has 7 nitrogen and oxygen atoms in total. The van der Waals surface area contributed by atoms with Crippen LogP contribution in [0.15, 0.2) is 18.2 Å². The number of fused-ring (bicyclic) bond motifs is 1. The molecule has 0 saturated heterocycles. The Hall–Kier alpha value is -1.87. The Morgan fingerprint density at radius 2 is 2.24 bits per heavy atom. The number of carbonyl (C=O) groups is 1. The van der Waals surface area contributed by atoms with Gasteiger partial charge in [-0.15, -0.1) is 0 Å². The van der Waals surface area contributed by atoms with Crippen molar-refractivity contribution in [2.24, 2.45) is 0 Å². The molecule has 0 unspecified atom stereocenters. The van der Waals surface area contributed by atoms with Gasteiger partial charge in [0.15, 0.2) is 5.13 Å². The molecule has 2 aromatic rings. The number of ether oxygens (including phenoxy) is 1. The number of hydrogen-bond donors (Lipinski definition) is 2. The zero-order valence-electron chi connectivity index (χ0n) is 11.2. The molecule has 0 aliphatic carbocycles. The van der Waals surface area contributed by atoms with Crippen molar-refractivity contribution in [3.05, 3.63) is 18.2 Å². The lowest BCUT2D eigenvalue weighted by Gasteiger charge is -2.03. The molecule has 114 valence electrons. The van der Waals surface area contributed by atoms with Crippen LogP contribution in [0.3, 0.4) is 0 Å². The van der Waals surface area contributed by atoms with E-state index in [4.69, 9.17) is 9.84 Å². The molecule has 0 atom stereocenters. The van der Waals surface area contributed by atoms with Gasteiger partial charge in [-0.2, -0.15) is 0 Å². The van der Waals surface area contributed by atoms with Crippen molar-refractivity contribution in [3.63, 3.8) is 0 Å². The number of thiazole rings is 1. The molecule has 1 aromatic heterocycles. The van der Waals surface area contributed by atoms with Crippen molar-refractivity contribution in [2.45, 2.75) is 12.8 Å². The van der Waals surface area contributed by atoms with Gasteiger partial charge >= 0.3 is 5.97 Å². The predicted octanol–water partition coefficient (Wildman–Crippen LogP) is 1.91. The molecule has 9 heteroatoms. The number of carboxylic acids is 1. The minimum Gasteiger partial charge on any atom is -0.497 e. The average Bonchev–Trinajstić information content (AvgIpc) is 2.77. The monoisotopic (exact) mass is 330 g/mol. The Morgan fingerprint density at radius 3 is 2.90 bits per heavy atom. The summed E-state index contributed by atoms with van der Waals surface area (Å²) < 4.78 is 31.9. The quantitative estimate of drug-likeness (QED) is 0.803. The third-order valence-electron chi connectivity index (χ3n) is 2.64. The number of anilines is 1. The molecule has 0 bridgehead atoms. The molecule has 0 spiro atoms. The summed E-state index contributed by atoms with van der Waals surface area (Å²) in [6.45, 7) is 0. The number of aromatic nitrogens is 1. The smallest absolute Gasteiger partial charge is 0.303 e. The molecule has 0 saturated carbocycles. The van der Waals surface area contributed by atoms with Crippen LogP contribution in [0.25, 0.3) is 10.2 Å². The van der Waals surface area contributed by atoms with E-state index >= 15 is 0 Å². The lowest BCUT2D eigenvalue weighted by Crippen LogP contribution is -2.17. The van der Waals surface area contributed by atoms with Gasteiger partial charge in [-0.1, -0.05) is 11.3 Å². The molecule has 1 aromatic carbocycles. The highest BCUT2D eigenvalue weighted by Crippen LogP contribution is 2.29. The third-order valence-corrected chi connectivity index (χ3v) is 5.04. The summed E-state index contributed by atoms with van der Waals surface area (Å²) in [5.41, 5.74) is 0.670. The van der Waals surface area contributed by atoms with Crippen molar-refractivity contribution in [3.8, 4) is 5.75 Å². The van der Waals surface area contributed by atoms with Crippen LogP contribution in [-0.4, -0.2) is 37.3 Å². The second-order valence-corrected chi connectivity index (χ2v) is 7.14. The van der Waals surface area contributed by atoms with Gasteiger partial charge < -0.3 is 9.84 Å². The summed E-state index contributed by atoms with van der Waals surface area (Å²) in [6.07, 6.45) is -0.124. The van der Waals surface area contributed by atoms with Gasteiger partial charge in [0.25, 0.3) is 0 Å². The lowest BCUT2D eigenvalue weighted by atomic mass is 10.3. The fourth-order valence-electron chi connectivity index (χ4n) is 1.67. The molecule has 0 aliphatic rings. The van der Waals surface area contributed by atoms with Gasteiger partial charge in [-0.05, 0) is 24.6 Å². The Kier molecular flexibility index (Phi) is 4.63. The van der Waals surface area contributed by atoms with E-state index in [2.05, 4.69) is 9.71 Å². The van der Waals surface area contributed by atoms with E-state index in [1.807, 2.05) is 0 Å². The standard InChI is InChI=1S/C12H14N2O5S2/c1-19-8-4-5-9-10(7-8)20-12(13-9)14-21(17,18)6-2-3-11(15)16/h4-5,7H,2-3,6H2,1H3,(H,13,14)(H,15,16). The van der Waals surface area contributed by atoms with Gasteiger partial charge in [0.1, 0.15) is 5.75 Å². The molecule has 1 heterocycles. The predicted molar refractivity (Wildman–Crippen MR) is 80.5 cm³/mol. The van der Waals surface area contributed by atoms with Crippen LogP contribution in [-0.2, 0) is 14.8 Å². The number of methoxy groups -OCH3 is 1. The Bertz CT molecular complexity index is 754. The zero-order chi connectivity index (χ0) is 15.5. The van der Waals surface area contributed by atoms with Gasteiger partial charge in [-0.3, -0.25) is 9.52 Å². The van der Waals surface area contributed by atoms with Crippen LogP contribution in [0.4, 0.5) is 5.13 Å². The first-order valence-electron chi connectivity index (χ1n) is 6.06. The zero-order valence-corrected chi connectivity index (χ0v) is 12.8. The normalized spacial score (nSPS) is 11.5. The molecule has 21 heavy (non-hydrogen) atoms. The van der Waals surface area contributed by atoms with Crippen LogP contribution >= 0.6 is 11.3 Å². The average molecular weight is 330 g/mol. The van der Waals surface area contributed by atoms with Crippen LogP contribution < -0.4 is 9.46 Å². The number of nitrogens with one attached hydrogen (secondary N) is 1. The van der Waals surface area contributed by atoms with Gasteiger partial charge in [-0.25, -0.2) is 13.4 Å². The van der Waals surface area contributed by atoms with E-state index in [9.17, 15) is 13.2 Å². The van der Waals surface area contributed by atoms with Crippen molar-refractivity contribution < 1.29 is 23.1 Å². The maximum atomic E-state index is 11.8. The largest absolute Gasteiger partial charge is 0.497 e. The van der Waals surface area contributed by atoms with Crippen LogP contribution in [0.2, 0.25) is 0 Å². The first-order chi connectivity index (χ1) is 9.89. The molecule has 0 radical (unpaired) electrons. The highest BCUT2D eigenvalue weighted by atomic mass is 32.2. The molecule has 0 fully saturated rings. The minimum atomic E-state index is -3.59. The van der Waals surface area contributed by atoms with Gasteiger partial charge in [0.05, 0.1) is 23.1 Å². The molecular weight excluding hydrogens is 316 g/mol. The number of carboxylic acid groups (broad SMARTS) is 1. The number of sulfonamides is 1. The second-order valence-electron chi connectivity index (χ2n) is 4.27. The molecule has 0 amide bonds. The summed E-state index contributed by atoms with van der Waals surface area (Å²) in [5.74, 6) is -0.599. The molecule has 2 N–H and O–H groups in total. The first-order valence-corrected chi connectivity index (χ1v) is 8.53. The van der Waals surface area contributed by atoms with E-state index in [0.29, 0.717) is 11.3 Å². The fourth-order valence-corrected chi connectivity index (χ4v) is 3.90. The van der Waals surface area contributed by atoms with Crippen molar-refractivity contribution >= 4 is 42.7 Å². The fraction of sp³-hybridized carbons (Fsp3) is 0.333. The number of nitrogens with zero attached hydrogens (tertiary/aromatic N) is 1. The minimum absolute atomic E-state index is 0.0589. The van der Waals surface area contributed by atoms with Gasteiger partial charge in [0, 0.05) is 6.42 Å². The van der Waals surface area contributed by atoms with E-state index in [-0.39, 0.29) is 23.7 Å². The van der Waals surface area contributed by atoms with E-state index < -0.39 is 16.0 Å². The third kappa shape index (κ3) is 4.30. The maximum absolute atomic E-state index is 11.8. The highest BCUT2D eigenvalue weighted by Gasteiger charge is 2.14.